The Morgan fingerprint density at radius 3 is 2.32 bits per heavy atom. The van der Waals surface area contributed by atoms with Crippen molar-refractivity contribution in [3.63, 3.8) is 0 Å². The van der Waals surface area contributed by atoms with Crippen LogP contribution in [0, 0.1) is 0 Å². The van der Waals surface area contributed by atoms with Gasteiger partial charge in [0.2, 0.25) is 12.7 Å². The van der Waals surface area contributed by atoms with Gasteiger partial charge in [-0.25, -0.2) is 0 Å². The first-order chi connectivity index (χ1) is 12.2. The largest absolute Gasteiger partial charge is 0.486 e. The van der Waals surface area contributed by atoms with Crippen molar-refractivity contribution in [2.75, 3.05) is 25.3 Å². The fourth-order valence-electron chi connectivity index (χ4n) is 3.48. The second kappa shape index (κ2) is 5.46. The molecular formula is C18H14ClNO5. The Labute approximate surface area is 148 Å². The summed E-state index contributed by atoms with van der Waals surface area (Å²) in [6.45, 7) is 1.18. The van der Waals surface area contributed by atoms with E-state index >= 15 is 0 Å². The van der Waals surface area contributed by atoms with E-state index in [4.69, 9.17) is 30.5 Å². The quantitative estimate of drug-likeness (QED) is 0.846. The molecule has 0 aliphatic carbocycles. The summed E-state index contributed by atoms with van der Waals surface area (Å²) in [5.41, 5.74) is 2.50. The topological polar surface area (TPSA) is 66.0 Å². The number of hydrogen-bond donors (Lipinski definition) is 1. The molecule has 0 unspecified atom stereocenters. The fourth-order valence-corrected chi connectivity index (χ4v) is 3.76. The van der Waals surface area contributed by atoms with Crippen LogP contribution >= 0.6 is 11.6 Å². The van der Waals surface area contributed by atoms with E-state index < -0.39 is 0 Å². The normalized spacial score (nSPS) is 20.0. The molecule has 7 heteroatoms. The SMILES string of the molecule is O=C1C[C@@H](c2cc3c(cc2Cl)OCO3)c2cc3c(cc2N1)OCCO3. The Kier molecular flexibility index (Phi) is 3.21. The first kappa shape index (κ1) is 14.7. The molecule has 3 heterocycles. The first-order valence-electron chi connectivity index (χ1n) is 8.01. The molecule has 2 aromatic carbocycles. The highest BCUT2D eigenvalue weighted by Crippen LogP contribution is 2.47. The molecule has 0 bridgehead atoms. The number of ether oxygens (including phenoxy) is 4. The lowest BCUT2D eigenvalue weighted by Crippen LogP contribution is -2.25. The Balaban J connectivity index is 1.65. The highest BCUT2D eigenvalue weighted by molar-refractivity contribution is 6.31. The maximum atomic E-state index is 12.2. The van der Waals surface area contributed by atoms with Crippen molar-refractivity contribution in [1.82, 2.24) is 0 Å². The zero-order valence-electron chi connectivity index (χ0n) is 13.1. The highest BCUT2D eigenvalue weighted by atomic mass is 35.5. The van der Waals surface area contributed by atoms with Crippen molar-refractivity contribution in [3.05, 3.63) is 40.4 Å². The smallest absolute Gasteiger partial charge is 0.231 e. The van der Waals surface area contributed by atoms with Gasteiger partial charge in [-0.3, -0.25) is 4.79 Å². The number of hydrogen-bond acceptors (Lipinski definition) is 5. The van der Waals surface area contributed by atoms with Gasteiger partial charge in [-0.2, -0.15) is 0 Å². The van der Waals surface area contributed by atoms with Crippen LogP contribution in [-0.4, -0.2) is 25.9 Å². The molecule has 0 aromatic heterocycles. The number of nitrogens with one attached hydrogen (secondary N) is 1. The van der Waals surface area contributed by atoms with Gasteiger partial charge in [0.05, 0.1) is 0 Å². The summed E-state index contributed by atoms with van der Waals surface area (Å²) < 4.78 is 22.1. The number of fused-ring (bicyclic) bond motifs is 3. The number of rotatable bonds is 1. The van der Waals surface area contributed by atoms with Crippen molar-refractivity contribution in [3.8, 4) is 23.0 Å². The van der Waals surface area contributed by atoms with Crippen LogP contribution in [0.25, 0.3) is 0 Å². The highest BCUT2D eigenvalue weighted by Gasteiger charge is 2.32. The van der Waals surface area contributed by atoms with E-state index in [1.165, 1.54) is 0 Å². The Hall–Kier alpha value is -2.60. The van der Waals surface area contributed by atoms with Crippen LogP contribution in [0.5, 0.6) is 23.0 Å². The van der Waals surface area contributed by atoms with Gasteiger partial charge in [0, 0.05) is 35.2 Å². The molecule has 1 atom stereocenters. The number of amides is 1. The minimum absolute atomic E-state index is 0.0667. The molecule has 25 heavy (non-hydrogen) atoms. The summed E-state index contributed by atoms with van der Waals surface area (Å²) in [5.74, 6) is 2.33. The third kappa shape index (κ3) is 2.36. The van der Waals surface area contributed by atoms with Gasteiger partial charge >= 0.3 is 0 Å². The third-order valence-electron chi connectivity index (χ3n) is 4.62. The number of carbonyl (C=O) groups excluding carboxylic acids is 1. The first-order valence-corrected chi connectivity index (χ1v) is 8.39. The van der Waals surface area contributed by atoms with E-state index in [0.29, 0.717) is 47.7 Å². The molecule has 0 saturated heterocycles. The maximum Gasteiger partial charge on any atom is 0.231 e. The Morgan fingerprint density at radius 2 is 1.52 bits per heavy atom. The van der Waals surface area contributed by atoms with Gasteiger partial charge < -0.3 is 24.3 Å². The standard InChI is InChI=1S/C18H14ClNO5/c19-12-6-16-15(24-8-25-16)3-10(12)9-5-18(21)20-13-7-17-14(4-11(9)13)22-1-2-23-17/h3-4,6-7,9H,1-2,5,8H2,(H,20,21)/t9-/m0/s1. The lowest BCUT2D eigenvalue weighted by atomic mass is 9.84. The van der Waals surface area contributed by atoms with Gasteiger partial charge in [-0.05, 0) is 23.3 Å². The van der Waals surface area contributed by atoms with Gasteiger partial charge in [-0.15, -0.1) is 0 Å². The summed E-state index contributed by atoms with van der Waals surface area (Å²) in [6, 6.07) is 7.33. The zero-order valence-corrected chi connectivity index (χ0v) is 13.9. The fraction of sp³-hybridized carbons (Fsp3) is 0.278. The molecule has 3 aliphatic rings. The molecule has 0 saturated carbocycles. The van der Waals surface area contributed by atoms with E-state index in [9.17, 15) is 4.79 Å². The van der Waals surface area contributed by atoms with Crippen molar-refractivity contribution in [2.45, 2.75) is 12.3 Å². The van der Waals surface area contributed by atoms with Gasteiger partial charge in [-0.1, -0.05) is 11.6 Å². The van der Waals surface area contributed by atoms with E-state index in [0.717, 1.165) is 16.8 Å². The number of anilines is 1. The molecule has 3 aliphatic heterocycles. The second-order valence-electron chi connectivity index (χ2n) is 6.11. The monoisotopic (exact) mass is 359 g/mol. The maximum absolute atomic E-state index is 12.2. The number of benzene rings is 2. The molecule has 6 nitrogen and oxygen atoms in total. The van der Waals surface area contributed by atoms with Crippen LogP contribution in [0.3, 0.4) is 0 Å². The van der Waals surface area contributed by atoms with E-state index in [-0.39, 0.29) is 18.6 Å². The van der Waals surface area contributed by atoms with Crippen LogP contribution < -0.4 is 24.3 Å². The number of carbonyl (C=O) groups is 1. The minimum Gasteiger partial charge on any atom is -0.486 e. The van der Waals surface area contributed by atoms with Crippen LogP contribution in [0.2, 0.25) is 5.02 Å². The van der Waals surface area contributed by atoms with Gasteiger partial charge in [0.25, 0.3) is 0 Å². The molecule has 5 rings (SSSR count). The summed E-state index contributed by atoms with van der Waals surface area (Å²) in [5, 5.41) is 3.45. The summed E-state index contributed by atoms with van der Waals surface area (Å²) in [6.07, 6.45) is 0.298. The molecular weight excluding hydrogens is 346 g/mol. The lowest BCUT2D eigenvalue weighted by Gasteiger charge is -2.29. The average Bonchev–Trinajstić information content (AvgIpc) is 3.06. The van der Waals surface area contributed by atoms with E-state index in [1.54, 1.807) is 6.07 Å². The van der Waals surface area contributed by atoms with Crippen molar-refractivity contribution in [1.29, 1.82) is 0 Å². The second-order valence-corrected chi connectivity index (χ2v) is 6.52. The van der Waals surface area contributed by atoms with Crippen molar-refractivity contribution >= 4 is 23.2 Å². The molecule has 0 radical (unpaired) electrons. The average molecular weight is 360 g/mol. The molecule has 1 N–H and O–H groups in total. The zero-order chi connectivity index (χ0) is 17.0. The van der Waals surface area contributed by atoms with Gasteiger partial charge in [0.1, 0.15) is 13.2 Å². The van der Waals surface area contributed by atoms with Crippen LogP contribution in [0.1, 0.15) is 23.5 Å². The van der Waals surface area contributed by atoms with Crippen molar-refractivity contribution in [2.24, 2.45) is 0 Å². The van der Waals surface area contributed by atoms with Gasteiger partial charge in [0.15, 0.2) is 23.0 Å². The molecule has 0 fully saturated rings. The Bertz CT molecular complexity index is 898. The predicted molar refractivity (Wildman–Crippen MR) is 90.1 cm³/mol. The lowest BCUT2D eigenvalue weighted by molar-refractivity contribution is -0.116. The summed E-state index contributed by atoms with van der Waals surface area (Å²) in [7, 11) is 0. The van der Waals surface area contributed by atoms with E-state index in [2.05, 4.69) is 5.32 Å². The minimum atomic E-state index is -0.193. The van der Waals surface area contributed by atoms with Crippen LogP contribution in [0.15, 0.2) is 24.3 Å². The molecule has 0 spiro atoms. The summed E-state index contributed by atoms with van der Waals surface area (Å²) in [4.78, 5) is 12.2. The molecule has 128 valence electrons. The van der Waals surface area contributed by atoms with Crippen LogP contribution in [-0.2, 0) is 4.79 Å². The summed E-state index contributed by atoms with van der Waals surface area (Å²) >= 11 is 6.48. The van der Waals surface area contributed by atoms with Crippen LogP contribution in [0.4, 0.5) is 5.69 Å². The van der Waals surface area contributed by atoms with E-state index in [1.807, 2.05) is 18.2 Å². The third-order valence-corrected chi connectivity index (χ3v) is 4.95. The predicted octanol–water partition coefficient (Wildman–Crippen LogP) is 3.31. The van der Waals surface area contributed by atoms with Crippen molar-refractivity contribution < 1.29 is 23.7 Å². The molecule has 1 amide bonds. The Morgan fingerprint density at radius 1 is 0.880 bits per heavy atom. The molecule has 2 aromatic rings. The number of halogens is 1.